The van der Waals surface area contributed by atoms with Gasteiger partial charge in [0.2, 0.25) is 17.7 Å². The molecule has 2 heterocycles. The van der Waals surface area contributed by atoms with E-state index in [1.54, 1.807) is 15.9 Å². The first-order valence-corrected chi connectivity index (χ1v) is 8.61. The second-order valence-electron chi connectivity index (χ2n) is 6.37. The van der Waals surface area contributed by atoms with E-state index in [1.165, 1.54) is 0 Å². The molecule has 0 bridgehead atoms. The van der Waals surface area contributed by atoms with Gasteiger partial charge in [0.25, 0.3) is 0 Å². The molecular formula is C18H23N3O3. The minimum Gasteiger partial charge on any atom is -0.333 e. The molecule has 6 heteroatoms. The highest BCUT2D eigenvalue weighted by molar-refractivity contribution is 5.98. The van der Waals surface area contributed by atoms with Gasteiger partial charge in [0.05, 0.1) is 6.54 Å². The van der Waals surface area contributed by atoms with Crippen LogP contribution in [0.3, 0.4) is 0 Å². The lowest BCUT2D eigenvalue weighted by atomic mass is 10.2. The minimum absolute atomic E-state index is 0.0547. The number of anilines is 2. The monoisotopic (exact) mass is 329 g/mol. The maximum absolute atomic E-state index is 12.2. The highest BCUT2D eigenvalue weighted by Gasteiger charge is 2.22. The van der Waals surface area contributed by atoms with Crippen molar-refractivity contribution >= 4 is 29.1 Å². The van der Waals surface area contributed by atoms with Gasteiger partial charge in [0.15, 0.2) is 0 Å². The van der Waals surface area contributed by atoms with Crippen LogP contribution in [0.1, 0.15) is 38.5 Å². The summed E-state index contributed by atoms with van der Waals surface area (Å²) in [6.45, 7) is 1.46. The number of hydrogen-bond acceptors (Lipinski definition) is 3. The summed E-state index contributed by atoms with van der Waals surface area (Å²) in [6, 6.07) is 7.31. The molecule has 1 N–H and O–H groups in total. The van der Waals surface area contributed by atoms with Gasteiger partial charge in [-0.25, -0.2) is 0 Å². The summed E-state index contributed by atoms with van der Waals surface area (Å²) in [5, 5.41) is 2.84. The Labute approximate surface area is 141 Å². The molecule has 2 aliphatic rings. The number of carbonyl (C=O) groups excluding carboxylic acids is 3. The molecule has 2 saturated heterocycles. The highest BCUT2D eigenvalue weighted by Crippen LogP contribution is 2.24. The van der Waals surface area contributed by atoms with E-state index in [0.29, 0.717) is 25.1 Å². The molecule has 0 radical (unpaired) electrons. The molecule has 6 nitrogen and oxygen atoms in total. The molecule has 2 aliphatic heterocycles. The lowest BCUT2D eigenvalue weighted by Crippen LogP contribution is -2.37. The van der Waals surface area contributed by atoms with Gasteiger partial charge in [-0.15, -0.1) is 0 Å². The lowest BCUT2D eigenvalue weighted by Gasteiger charge is -2.20. The largest absolute Gasteiger partial charge is 0.333 e. The number of likely N-dealkylation sites (tertiary alicyclic amines) is 1. The van der Waals surface area contributed by atoms with Crippen LogP contribution in [0.2, 0.25) is 0 Å². The van der Waals surface area contributed by atoms with Crippen molar-refractivity contribution in [3.05, 3.63) is 24.3 Å². The van der Waals surface area contributed by atoms with Gasteiger partial charge in [0, 0.05) is 37.3 Å². The van der Waals surface area contributed by atoms with Gasteiger partial charge in [-0.05, 0) is 37.5 Å². The van der Waals surface area contributed by atoms with Gasteiger partial charge in [0.1, 0.15) is 0 Å². The van der Waals surface area contributed by atoms with Crippen LogP contribution >= 0.6 is 0 Å². The molecule has 24 heavy (non-hydrogen) atoms. The third kappa shape index (κ3) is 3.93. The van der Waals surface area contributed by atoms with Gasteiger partial charge >= 0.3 is 0 Å². The molecule has 2 fully saturated rings. The number of rotatable bonds is 4. The van der Waals surface area contributed by atoms with Crippen molar-refractivity contribution in [1.82, 2.24) is 4.90 Å². The van der Waals surface area contributed by atoms with Crippen LogP contribution in [0.25, 0.3) is 0 Å². The molecule has 0 atom stereocenters. The van der Waals surface area contributed by atoms with E-state index in [1.807, 2.05) is 18.2 Å². The predicted molar refractivity (Wildman–Crippen MR) is 91.7 cm³/mol. The van der Waals surface area contributed by atoms with Gasteiger partial charge in [-0.2, -0.15) is 0 Å². The zero-order valence-corrected chi connectivity index (χ0v) is 13.8. The van der Waals surface area contributed by atoms with Crippen LogP contribution < -0.4 is 10.2 Å². The standard InChI is InChI=1S/C18H23N3O3/c22-16(13-20-10-3-1-2-8-17(20)23)19-14-6-4-7-15(12-14)21-11-5-9-18(21)24/h4,6-7,12H,1-3,5,8-11,13H2,(H,19,22). The average molecular weight is 329 g/mol. The van der Waals surface area contributed by atoms with Crippen molar-refractivity contribution in [2.45, 2.75) is 38.5 Å². The Hall–Kier alpha value is -2.37. The smallest absolute Gasteiger partial charge is 0.243 e. The van der Waals surface area contributed by atoms with Crippen molar-refractivity contribution in [2.24, 2.45) is 0 Å². The Morgan fingerprint density at radius 3 is 2.62 bits per heavy atom. The summed E-state index contributed by atoms with van der Waals surface area (Å²) in [7, 11) is 0. The molecular weight excluding hydrogens is 306 g/mol. The van der Waals surface area contributed by atoms with Crippen LogP contribution in [0.4, 0.5) is 11.4 Å². The van der Waals surface area contributed by atoms with E-state index in [9.17, 15) is 14.4 Å². The molecule has 0 saturated carbocycles. The second-order valence-corrected chi connectivity index (χ2v) is 6.37. The minimum atomic E-state index is -0.199. The maximum Gasteiger partial charge on any atom is 0.243 e. The third-order valence-corrected chi connectivity index (χ3v) is 4.52. The molecule has 128 valence electrons. The Morgan fingerprint density at radius 1 is 1.00 bits per heavy atom. The fraction of sp³-hybridized carbons (Fsp3) is 0.500. The summed E-state index contributed by atoms with van der Waals surface area (Å²) >= 11 is 0. The van der Waals surface area contributed by atoms with Crippen molar-refractivity contribution in [2.75, 3.05) is 29.9 Å². The lowest BCUT2D eigenvalue weighted by molar-refractivity contribution is -0.134. The molecule has 0 spiro atoms. The van der Waals surface area contributed by atoms with Crippen molar-refractivity contribution in [3.8, 4) is 0 Å². The molecule has 3 rings (SSSR count). The van der Waals surface area contributed by atoms with Crippen molar-refractivity contribution in [1.29, 1.82) is 0 Å². The van der Waals surface area contributed by atoms with Crippen LogP contribution in [-0.2, 0) is 14.4 Å². The molecule has 1 aromatic carbocycles. The van der Waals surface area contributed by atoms with Gasteiger partial charge in [-0.3, -0.25) is 14.4 Å². The molecule has 1 aromatic rings. The quantitative estimate of drug-likeness (QED) is 0.920. The molecule has 3 amide bonds. The van der Waals surface area contributed by atoms with Gasteiger partial charge < -0.3 is 15.1 Å². The molecule has 0 unspecified atom stereocenters. The topological polar surface area (TPSA) is 69.7 Å². The zero-order chi connectivity index (χ0) is 16.9. The summed E-state index contributed by atoms with van der Waals surface area (Å²) in [4.78, 5) is 39.4. The highest BCUT2D eigenvalue weighted by atomic mass is 16.2. The number of carbonyl (C=O) groups is 3. The first-order chi connectivity index (χ1) is 11.6. The van der Waals surface area contributed by atoms with E-state index < -0.39 is 0 Å². The number of nitrogens with zero attached hydrogens (tertiary/aromatic N) is 2. The average Bonchev–Trinajstić information content (AvgIpc) is 2.89. The number of nitrogens with one attached hydrogen (secondary N) is 1. The Balaban J connectivity index is 1.62. The number of hydrogen-bond donors (Lipinski definition) is 1. The van der Waals surface area contributed by atoms with Crippen molar-refractivity contribution < 1.29 is 14.4 Å². The van der Waals surface area contributed by atoms with E-state index >= 15 is 0 Å². The molecule has 0 aromatic heterocycles. The van der Waals surface area contributed by atoms with Crippen LogP contribution in [0.15, 0.2) is 24.3 Å². The van der Waals surface area contributed by atoms with Crippen LogP contribution in [0.5, 0.6) is 0 Å². The summed E-state index contributed by atoms with van der Waals surface area (Å²) < 4.78 is 0. The first kappa shape index (κ1) is 16.5. The van der Waals surface area contributed by atoms with E-state index in [4.69, 9.17) is 0 Å². The predicted octanol–water partition coefficient (Wildman–Crippen LogP) is 2.15. The molecule has 0 aliphatic carbocycles. The number of benzene rings is 1. The van der Waals surface area contributed by atoms with E-state index in [0.717, 1.165) is 37.9 Å². The van der Waals surface area contributed by atoms with Crippen LogP contribution in [-0.4, -0.2) is 42.3 Å². The normalized spacial score (nSPS) is 18.7. The Kier molecular flexibility index (Phi) is 5.13. The number of amides is 3. The summed E-state index contributed by atoms with van der Waals surface area (Å²) in [5.41, 5.74) is 1.46. The second kappa shape index (κ2) is 7.47. The van der Waals surface area contributed by atoms with E-state index in [-0.39, 0.29) is 24.3 Å². The third-order valence-electron chi connectivity index (χ3n) is 4.52. The fourth-order valence-electron chi connectivity index (χ4n) is 3.25. The Bertz CT molecular complexity index is 644. The summed E-state index contributed by atoms with van der Waals surface area (Å²) in [5.74, 6) is -0.0251. The maximum atomic E-state index is 12.2. The zero-order valence-electron chi connectivity index (χ0n) is 13.8. The van der Waals surface area contributed by atoms with Gasteiger partial charge in [-0.1, -0.05) is 12.5 Å². The fourth-order valence-corrected chi connectivity index (χ4v) is 3.25. The van der Waals surface area contributed by atoms with Crippen LogP contribution in [0, 0.1) is 0 Å². The SMILES string of the molecule is O=C(CN1CCCCCC1=O)Nc1cccc(N2CCCC2=O)c1. The van der Waals surface area contributed by atoms with Crippen molar-refractivity contribution in [3.63, 3.8) is 0 Å². The summed E-state index contributed by atoms with van der Waals surface area (Å²) in [6.07, 6.45) is 4.87. The Morgan fingerprint density at radius 2 is 1.83 bits per heavy atom. The van der Waals surface area contributed by atoms with E-state index in [2.05, 4.69) is 5.32 Å². The first-order valence-electron chi connectivity index (χ1n) is 8.61.